The Morgan fingerprint density at radius 1 is 0.404 bits per heavy atom. The lowest BCUT2D eigenvalue weighted by Crippen LogP contribution is -2.10. The summed E-state index contributed by atoms with van der Waals surface area (Å²) in [7, 11) is 0. The number of allylic oxidation sites excluding steroid dienone is 1. The van der Waals surface area contributed by atoms with E-state index in [2.05, 4.69) is 150 Å². The van der Waals surface area contributed by atoms with Crippen LogP contribution >= 0.6 is 0 Å². The number of ketones is 2. The van der Waals surface area contributed by atoms with Crippen LogP contribution in [0.25, 0.3) is 49.9 Å². The molecular formula is C54H43NO2. The Hall–Kier alpha value is -6.84. The molecule has 0 aromatic heterocycles. The van der Waals surface area contributed by atoms with Gasteiger partial charge in [-0.25, -0.2) is 0 Å². The zero-order valence-corrected chi connectivity index (χ0v) is 33.2. The van der Waals surface area contributed by atoms with Gasteiger partial charge in [0, 0.05) is 28.2 Å². The smallest absolute Gasteiger partial charge is 0.197 e. The molecule has 3 nitrogen and oxygen atoms in total. The fourth-order valence-corrected chi connectivity index (χ4v) is 9.06. The van der Waals surface area contributed by atoms with Crippen LogP contribution in [-0.4, -0.2) is 11.6 Å². The van der Waals surface area contributed by atoms with Gasteiger partial charge in [0.2, 0.25) is 0 Å². The van der Waals surface area contributed by atoms with Gasteiger partial charge in [0.1, 0.15) is 0 Å². The first kappa shape index (κ1) is 35.8. The fourth-order valence-electron chi connectivity index (χ4n) is 9.06. The number of hydrogen-bond donors (Lipinski definition) is 0. The van der Waals surface area contributed by atoms with Gasteiger partial charge >= 0.3 is 0 Å². The van der Waals surface area contributed by atoms with E-state index < -0.39 is 0 Å². The van der Waals surface area contributed by atoms with E-state index in [0.717, 1.165) is 44.2 Å². The minimum atomic E-state index is -0.218. The van der Waals surface area contributed by atoms with E-state index in [0.29, 0.717) is 11.1 Å². The highest BCUT2D eigenvalue weighted by molar-refractivity contribution is 6.42. The number of fused-ring (bicyclic) bond motifs is 3. The Balaban J connectivity index is 1.09. The molecule has 0 heterocycles. The first-order chi connectivity index (χ1) is 27.5. The molecule has 0 bridgehead atoms. The average molecular weight is 738 g/mol. The summed E-state index contributed by atoms with van der Waals surface area (Å²) in [6, 6.07) is 50.9. The Labute approximate surface area is 334 Å². The summed E-state index contributed by atoms with van der Waals surface area (Å²) >= 11 is 0. The van der Waals surface area contributed by atoms with Crippen molar-refractivity contribution in [1.29, 1.82) is 0 Å². The third-order valence-electron chi connectivity index (χ3n) is 11.5. The first-order valence-corrected chi connectivity index (χ1v) is 19.6. The third kappa shape index (κ3) is 6.45. The van der Waals surface area contributed by atoms with Gasteiger partial charge in [0.05, 0.1) is 5.57 Å². The summed E-state index contributed by atoms with van der Waals surface area (Å²) in [5, 5.41) is 3.99. The van der Waals surface area contributed by atoms with Crippen molar-refractivity contribution >= 4 is 56.2 Å². The topological polar surface area (TPSA) is 37.4 Å². The maximum Gasteiger partial charge on any atom is 0.197 e. The summed E-state index contributed by atoms with van der Waals surface area (Å²) in [6.07, 6.45) is 1.74. The second kappa shape index (κ2) is 14.0. The summed E-state index contributed by atoms with van der Waals surface area (Å²) in [6.45, 7) is 13.1. The molecule has 276 valence electrons. The molecule has 0 unspecified atom stereocenters. The zero-order chi connectivity index (χ0) is 39.5. The molecule has 0 N–H and O–H groups in total. The van der Waals surface area contributed by atoms with Crippen LogP contribution < -0.4 is 4.90 Å². The molecule has 8 aromatic rings. The molecule has 0 amide bonds. The van der Waals surface area contributed by atoms with Gasteiger partial charge in [-0.1, -0.05) is 102 Å². The molecule has 0 atom stereocenters. The number of hydrogen-bond acceptors (Lipinski definition) is 3. The molecule has 9 rings (SSSR count). The lowest BCUT2D eigenvalue weighted by atomic mass is 9.93. The predicted molar refractivity (Wildman–Crippen MR) is 239 cm³/mol. The van der Waals surface area contributed by atoms with Crippen LogP contribution in [0.15, 0.2) is 151 Å². The molecule has 1 aliphatic carbocycles. The minimum Gasteiger partial charge on any atom is -0.310 e. The molecule has 0 spiro atoms. The van der Waals surface area contributed by atoms with Gasteiger partial charge in [0.15, 0.2) is 11.6 Å². The first-order valence-electron chi connectivity index (χ1n) is 19.6. The second-order valence-corrected chi connectivity index (χ2v) is 15.7. The maximum absolute atomic E-state index is 13.5. The van der Waals surface area contributed by atoms with Crippen molar-refractivity contribution in [3.63, 3.8) is 0 Å². The number of anilines is 3. The zero-order valence-electron chi connectivity index (χ0n) is 33.2. The van der Waals surface area contributed by atoms with E-state index >= 15 is 0 Å². The van der Waals surface area contributed by atoms with Crippen LogP contribution in [0, 0.1) is 41.5 Å². The molecule has 1 aliphatic rings. The summed E-state index contributed by atoms with van der Waals surface area (Å²) in [4.78, 5) is 29.3. The number of Topliss-reactive ketones (excluding diaryl/α,β-unsaturated/α-hetero) is 2. The second-order valence-electron chi connectivity index (χ2n) is 15.7. The molecule has 0 saturated carbocycles. The van der Waals surface area contributed by atoms with Crippen LogP contribution in [0.5, 0.6) is 0 Å². The van der Waals surface area contributed by atoms with Gasteiger partial charge in [-0.05, 0) is 174 Å². The van der Waals surface area contributed by atoms with Crippen LogP contribution in [0.3, 0.4) is 0 Å². The molecule has 0 saturated heterocycles. The van der Waals surface area contributed by atoms with Gasteiger partial charge in [0.25, 0.3) is 0 Å². The van der Waals surface area contributed by atoms with Crippen LogP contribution in [-0.2, 0) is 0 Å². The van der Waals surface area contributed by atoms with Gasteiger partial charge in [-0.3, -0.25) is 9.59 Å². The van der Waals surface area contributed by atoms with Crippen molar-refractivity contribution in [1.82, 2.24) is 0 Å². The Bertz CT molecular complexity index is 2780. The maximum atomic E-state index is 13.5. The summed E-state index contributed by atoms with van der Waals surface area (Å²) < 4.78 is 0. The van der Waals surface area contributed by atoms with Crippen molar-refractivity contribution in [2.24, 2.45) is 0 Å². The van der Waals surface area contributed by atoms with Gasteiger partial charge in [-0.2, -0.15) is 0 Å². The van der Waals surface area contributed by atoms with Crippen molar-refractivity contribution in [3.05, 3.63) is 201 Å². The molecule has 0 aliphatic heterocycles. The number of carbonyl (C=O) groups is 2. The average Bonchev–Trinajstić information content (AvgIpc) is 3.41. The Kier molecular flexibility index (Phi) is 8.82. The molecule has 8 aromatic carbocycles. The highest BCUT2D eigenvalue weighted by Gasteiger charge is 2.33. The summed E-state index contributed by atoms with van der Waals surface area (Å²) in [5.41, 5.74) is 17.7. The Morgan fingerprint density at radius 2 is 0.807 bits per heavy atom. The molecule has 0 radical (unpaired) electrons. The van der Waals surface area contributed by atoms with Gasteiger partial charge in [-0.15, -0.1) is 0 Å². The molecule has 3 heteroatoms. The summed E-state index contributed by atoms with van der Waals surface area (Å²) in [5.74, 6) is -0.437. The van der Waals surface area contributed by atoms with E-state index in [4.69, 9.17) is 0 Å². The minimum absolute atomic E-state index is 0.210. The SMILES string of the molecule is Cc1cc(C)c(-c2ccc(N(c3ccc(-c4c(C)cc(C)cc4C)cc3)c3ccc4cc(C=C5C(=O)c6cc7ccccc7cc6C5=O)ccc4c3)cc2)c(C)c1. The van der Waals surface area contributed by atoms with E-state index in [-0.39, 0.29) is 17.1 Å². The molecule has 57 heavy (non-hydrogen) atoms. The predicted octanol–water partition coefficient (Wildman–Crippen LogP) is 14.1. The van der Waals surface area contributed by atoms with Crippen molar-refractivity contribution < 1.29 is 9.59 Å². The lowest BCUT2D eigenvalue weighted by molar-refractivity contribution is 0.0990. The number of nitrogens with zero attached hydrogens (tertiary/aromatic N) is 1. The van der Waals surface area contributed by atoms with Crippen molar-refractivity contribution in [2.45, 2.75) is 41.5 Å². The molecule has 0 fully saturated rings. The van der Waals surface area contributed by atoms with Crippen LogP contribution in [0.1, 0.15) is 59.7 Å². The largest absolute Gasteiger partial charge is 0.310 e. The van der Waals surface area contributed by atoms with Gasteiger partial charge < -0.3 is 4.90 Å². The lowest BCUT2D eigenvalue weighted by Gasteiger charge is -2.26. The van der Waals surface area contributed by atoms with Crippen molar-refractivity contribution in [2.75, 3.05) is 4.90 Å². The normalized spacial score (nSPS) is 12.4. The number of benzene rings is 8. The number of rotatable bonds is 6. The quantitative estimate of drug-likeness (QED) is 0.126. The number of aryl methyl sites for hydroxylation is 6. The number of carbonyl (C=O) groups excluding carboxylic acids is 2. The van der Waals surface area contributed by atoms with Crippen LogP contribution in [0.2, 0.25) is 0 Å². The highest BCUT2D eigenvalue weighted by Crippen LogP contribution is 2.40. The molecular weight excluding hydrogens is 695 g/mol. The standard InChI is InChI=1S/C54H43NO2/c1-32-23-34(3)51(35(4)24-32)39-13-18-45(19-14-39)55(46-20-15-40(16-21-46)52-36(5)25-33(2)26-37(52)6)47-22-17-43-27-38(11-12-44(43)29-47)28-50-53(56)48-30-41-9-7-8-10-42(41)31-49(48)54(50)57/h7-31H,1-6H3. The van der Waals surface area contributed by atoms with E-state index in [9.17, 15) is 9.59 Å². The fraction of sp³-hybridized carbons (Fsp3) is 0.111. The highest BCUT2D eigenvalue weighted by atomic mass is 16.2. The monoisotopic (exact) mass is 737 g/mol. The van der Waals surface area contributed by atoms with E-state index in [1.54, 1.807) is 6.08 Å². The Morgan fingerprint density at radius 3 is 1.28 bits per heavy atom. The van der Waals surface area contributed by atoms with Crippen molar-refractivity contribution in [3.8, 4) is 22.3 Å². The van der Waals surface area contributed by atoms with Crippen LogP contribution in [0.4, 0.5) is 17.1 Å². The van der Waals surface area contributed by atoms with E-state index in [1.807, 2.05) is 42.5 Å². The third-order valence-corrected chi connectivity index (χ3v) is 11.5. The van der Waals surface area contributed by atoms with E-state index in [1.165, 1.54) is 55.6 Å².